The fourth-order valence-electron chi connectivity index (χ4n) is 2.45. The first kappa shape index (κ1) is 14.5. The van der Waals surface area contributed by atoms with E-state index >= 15 is 0 Å². The van der Waals surface area contributed by atoms with Crippen molar-refractivity contribution in [3.05, 3.63) is 23.3 Å². The maximum atomic E-state index is 11.2. The number of nitrogens with one attached hydrogen (secondary N) is 1. The number of hydrogen-bond donors (Lipinski definition) is 3. The third-order valence-electron chi connectivity index (χ3n) is 3.75. The van der Waals surface area contributed by atoms with Crippen molar-refractivity contribution in [1.82, 2.24) is 5.43 Å². The number of rotatable bonds is 4. The van der Waals surface area contributed by atoms with Gasteiger partial charge in [0, 0.05) is 12.3 Å². The highest BCUT2D eigenvalue weighted by Gasteiger charge is 2.22. The Morgan fingerprint density at radius 3 is 2.80 bits per heavy atom. The molecule has 20 heavy (non-hydrogen) atoms. The molecule has 5 N–H and O–H groups in total. The summed E-state index contributed by atoms with van der Waals surface area (Å²) in [5.74, 6) is 0. The Bertz CT molecular complexity index is 498. The van der Waals surface area contributed by atoms with Crippen LogP contribution in [0, 0.1) is 13.8 Å². The molecule has 0 aliphatic carbocycles. The topological polar surface area (TPSA) is 93.6 Å². The molecular weight excluding hydrogens is 256 g/mol. The van der Waals surface area contributed by atoms with Gasteiger partial charge in [-0.3, -0.25) is 5.01 Å². The van der Waals surface area contributed by atoms with Crippen LogP contribution in [0.4, 0.5) is 16.2 Å². The molecule has 0 bridgehead atoms. The van der Waals surface area contributed by atoms with Gasteiger partial charge in [0.2, 0.25) is 0 Å². The lowest BCUT2D eigenvalue weighted by molar-refractivity contribution is 0.114. The summed E-state index contributed by atoms with van der Waals surface area (Å²) in [6.45, 7) is 5.29. The van der Waals surface area contributed by atoms with E-state index in [9.17, 15) is 4.79 Å². The molecule has 6 heteroatoms. The van der Waals surface area contributed by atoms with Crippen molar-refractivity contribution in [2.75, 3.05) is 23.9 Å². The van der Waals surface area contributed by atoms with Gasteiger partial charge in [-0.15, -0.1) is 0 Å². The number of hydrazine groups is 1. The van der Waals surface area contributed by atoms with Gasteiger partial charge in [0.1, 0.15) is 0 Å². The van der Waals surface area contributed by atoms with Gasteiger partial charge in [-0.25, -0.2) is 10.2 Å². The molecule has 6 nitrogen and oxygen atoms in total. The van der Waals surface area contributed by atoms with E-state index in [0.29, 0.717) is 6.54 Å². The van der Waals surface area contributed by atoms with Crippen LogP contribution < -0.4 is 21.9 Å². The van der Waals surface area contributed by atoms with Gasteiger partial charge in [-0.05, 0) is 49.9 Å². The predicted octanol–water partition coefficient (Wildman–Crippen LogP) is 1.45. The van der Waals surface area contributed by atoms with Crippen LogP contribution in [0.1, 0.15) is 24.0 Å². The maximum absolute atomic E-state index is 11.2. The molecule has 0 spiro atoms. The number of amides is 2. The third kappa shape index (κ3) is 3.14. The van der Waals surface area contributed by atoms with Crippen LogP contribution in [-0.4, -0.2) is 25.3 Å². The molecule has 1 aromatic carbocycles. The molecule has 0 saturated carbocycles. The Morgan fingerprint density at radius 1 is 1.45 bits per heavy atom. The highest BCUT2D eigenvalue weighted by atomic mass is 16.5. The van der Waals surface area contributed by atoms with Crippen molar-refractivity contribution in [2.45, 2.75) is 32.8 Å². The summed E-state index contributed by atoms with van der Waals surface area (Å²) in [4.78, 5) is 11.2. The number of anilines is 2. The van der Waals surface area contributed by atoms with Crippen LogP contribution in [0.15, 0.2) is 12.1 Å². The first-order valence-electron chi connectivity index (χ1n) is 6.80. The summed E-state index contributed by atoms with van der Waals surface area (Å²) < 4.78 is 5.62. The van der Waals surface area contributed by atoms with Crippen molar-refractivity contribution in [1.29, 1.82) is 0 Å². The molecule has 1 unspecified atom stereocenters. The minimum atomic E-state index is -0.586. The predicted molar refractivity (Wildman–Crippen MR) is 79.4 cm³/mol. The number of ether oxygens (including phenoxy) is 1. The average Bonchev–Trinajstić information content (AvgIpc) is 2.88. The monoisotopic (exact) mass is 278 g/mol. The Labute approximate surface area is 119 Å². The standard InChI is InChI=1S/C14H22N4O2/c1-9-10(2)13(6-5-12(9)15)18(17-14(16)19)8-11-4-3-7-20-11/h5-6,11H,3-4,7-8,15H2,1-2H3,(H3,16,17,19). The van der Waals surface area contributed by atoms with Crippen LogP contribution >= 0.6 is 0 Å². The van der Waals surface area contributed by atoms with E-state index in [4.69, 9.17) is 16.2 Å². The normalized spacial score (nSPS) is 18.0. The molecule has 1 aromatic rings. The van der Waals surface area contributed by atoms with Crippen molar-refractivity contribution >= 4 is 17.4 Å². The Hall–Kier alpha value is -1.95. The quantitative estimate of drug-likeness (QED) is 0.574. The van der Waals surface area contributed by atoms with Crippen LogP contribution in [0.3, 0.4) is 0 Å². The fraction of sp³-hybridized carbons (Fsp3) is 0.500. The van der Waals surface area contributed by atoms with Gasteiger partial charge in [0.15, 0.2) is 0 Å². The minimum absolute atomic E-state index is 0.110. The molecule has 1 aliphatic rings. The summed E-state index contributed by atoms with van der Waals surface area (Å²) in [5, 5.41) is 1.75. The smallest absolute Gasteiger partial charge is 0.330 e. The van der Waals surface area contributed by atoms with Gasteiger partial charge in [-0.2, -0.15) is 0 Å². The Balaban J connectivity index is 2.25. The van der Waals surface area contributed by atoms with Crippen LogP contribution in [0.2, 0.25) is 0 Å². The van der Waals surface area contributed by atoms with Crippen molar-refractivity contribution in [3.63, 3.8) is 0 Å². The average molecular weight is 278 g/mol. The zero-order valence-corrected chi connectivity index (χ0v) is 12.0. The summed E-state index contributed by atoms with van der Waals surface area (Å²) >= 11 is 0. The van der Waals surface area contributed by atoms with Gasteiger partial charge in [-0.1, -0.05) is 0 Å². The van der Waals surface area contributed by atoms with Crippen molar-refractivity contribution in [3.8, 4) is 0 Å². The molecule has 1 aliphatic heterocycles. The van der Waals surface area contributed by atoms with E-state index in [0.717, 1.165) is 42.0 Å². The third-order valence-corrected chi connectivity index (χ3v) is 3.75. The van der Waals surface area contributed by atoms with Crippen molar-refractivity contribution < 1.29 is 9.53 Å². The number of carbonyl (C=O) groups is 1. The molecule has 0 radical (unpaired) electrons. The summed E-state index contributed by atoms with van der Waals surface area (Å²) in [5.41, 5.74) is 17.5. The number of nitrogens with zero attached hydrogens (tertiary/aromatic N) is 1. The van der Waals surface area contributed by atoms with E-state index in [2.05, 4.69) is 5.43 Å². The van der Waals surface area contributed by atoms with E-state index < -0.39 is 6.03 Å². The van der Waals surface area contributed by atoms with E-state index in [1.807, 2.05) is 26.0 Å². The highest BCUT2D eigenvalue weighted by molar-refractivity contribution is 5.75. The first-order valence-corrected chi connectivity index (χ1v) is 6.80. The number of hydrogen-bond acceptors (Lipinski definition) is 4. The summed E-state index contributed by atoms with van der Waals surface area (Å²) in [6, 6.07) is 3.14. The zero-order chi connectivity index (χ0) is 14.7. The summed E-state index contributed by atoms with van der Waals surface area (Å²) in [7, 11) is 0. The van der Waals surface area contributed by atoms with Gasteiger partial charge in [0.05, 0.1) is 18.3 Å². The lowest BCUT2D eigenvalue weighted by Crippen LogP contribution is -2.48. The van der Waals surface area contributed by atoms with E-state index in [-0.39, 0.29) is 6.10 Å². The van der Waals surface area contributed by atoms with Gasteiger partial charge in [0.25, 0.3) is 0 Å². The van der Waals surface area contributed by atoms with Gasteiger partial charge >= 0.3 is 6.03 Å². The lowest BCUT2D eigenvalue weighted by atomic mass is 10.1. The summed E-state index contributed by atoms with van der Waals surface area (Å²) in [6.07, 6.45) is 2.15. The minimum Gasteiger partial charge on any atom is -0.399 e. The maximum Gasteiger partial charge on any atom is 0.330 e. The van der Waals surface area contributed by atoms with Crippen LogP contribution in [-0.2, 0) is 4.74 Å². The Morgan fingerprint density at radius 2 is 2.20 bits per heavy atom. The number of nitrogen functional groups attached to an aromatic ring is 1. The van der Waals surface area contributed by atoms with E-state index in [1.54, 1.807) is 5.01 Å². The molecule has 1 saturated heterocycles. The molecule has 0 aromatic heterocycles. The van der Waals surface area contributed by atoms with Crippen LogP contribution in [0.25, 0.3) is 0 Å². The Kier molecular flexibility index (Phi) is 4.34. The SMILES string of the molecule is Cc1c(N)ccc(N(CC2CCCO2)NC(N)=O)c1C. The van der Waals surface area contributed by atoms with Gasteiger partial charge < -0.3 is 16.2 Å². The molecule has 2 amide bonds. The molecule has 1 fully saturated rings. The molecule has 1 heterocycles. The second-order valence-electron chi connectivity index (χ2n) is 5.15. The molecule has 110 valence electrons. The molecule has 2 rings (SSSR count). The van der Waals surface area contributed by atoms with E-state index in [1.165, 1.54) is 0 Å². The zero-order valence-electron chi connectivity index (χ0n) is 12.0. The van der Waals surface area contributed by atoms with Crippen molar-refractivity contribution in [2.24, 2.45) is 5.73 Å². The molecular formula is C14H22N4O2. The number of primary amides is 1. The number of carbonyl (C=O) groups excluding carboxylic acids is 1. The second-order valence-corrected chi connectivity index (χ2v) is 5.15. The number of nitrogens with two attached hydrogens (primary N) is 2. The second kappa shape index (κ2) is 6.00. The lowest BCUT2D eigenvalue weighted by Gasteiger charge is -2.29. The van der Waals surface area contributed by atoms with Crippen LogP contribution in [0.5, 0.6) is 0 Å². The highest BCUT2D eigenvalue weighted by Crippen LogP contribution is 2.27. The largest absolute Gasteiger partial charge is 0.399 e. The number of urea groups is 1. The molecule has 1 atom stereocenters. The fourth-order valence-corrected chi connectivity index (χ4v) is 2.45. The number of benzene rings is 1. The first-order chi connectivity index (χ1) is 9.49.